The Hall–Kier alpha value is -2.18. The maximum Gasteiger partial charge on any atom is 0.252 e. The molecule has 0 radical (unpaired) electrons. The molecule has 3 rings (SSSR count). The average Bonchev–Trinajstić information content (AvgIpc) is 3.22. The topological polar surface area (TPSA) is 66.5 Å². The van der Waals surface area contributed by atoms with Crippen LogP contribution in [0.3, 0.4) is 0 Å². The van der Waals surface area contributed by atoms with Gasteiger partial charge in [-0.05, 0) is 56.4 Å². The van der Waals surface area contributed by atoms with Gasteiger partial charge in [-0.15, -0.1) is 0 Å². The van der Waals surface area contributed by atoms with Gasteiger partial charge in [-0.25, -0.2) is 8.42 Å². The molecular formula is C22H28N2O3S. The molecule has 0 saturated carbocycles. The van der Waals surface area contributed by atoms with Gasteiger partial charge in [0.05, 0.1) is 10.9 Å². The molecule has 0 aliphatic carbocycles. The van der Waals surface area contributed by atoms with Crippen LogP contribution in [0.1, 0.15) is 59.3 Å². The Kier molecular flexibility index (Phi) is 6.20. The van der Waals surface area contributed by atoms with Crippen molar-refractivity contribution in [3.63, 3.8) is 0 Å². The number of benzene rings is 2. The maximum absolute atomic E-state index is 13.0. The van der Waals surface area contributed by atoms with Crippen molar-refractivity contribution in [1.29, 1.82) is 0 Å². The Morgan fingerprint density at radius 1 is 1.07 bits per heavy atom. The third-order valence-electron chi connectivity index (χ3n) is 5.35. The van der Waals surface area contributed by atoms with Crippen LogP contribution in [0.25, 0.3) is 0 Å². The van der Waals surface area contributed by atoms with E-state index in [1.165, 1.54) is 15.9 Å². The van der Waals surface area contributed by atoms with Crippen molar-refractivity contribution in [1.82, 2.24) is 9.62 Å². The summed E-state index contributed by atoms with van der Waals surface area (Å²) in [7, 11) is -3.55. The number of nitrogens with one attached hydrogen (secondary N) is 1. The van der Waals surface area contributed by atoms with Crippen LogP contribution in [0.2, 0.25) is 0 Å². The van der Waals surface area contributed by atoms with E-state index in [1.54, 1.807) is 12.1 Å². The smallest absolute Gasteiger partial charge is 0.252 e. The van der Waals surface area contributed by atoms with E-state index in [0.717, 1.165) is 30.4 Å². The van der Waals surface area contributed by atoms with Gasteiger partial charge in [0.2, 0.25) is 10.0 Å². The van der Waals surface area contributed by atoms with Crippen molar-refractivity contribution in [2.45, 2.75) is 51.0 Å². The molecule has 0 aromatic heterocycles. The Balaban J connectivity index is 1.85. The first-order chi connectivity index (χ1) is 13.3. The molecule has 6 heteroatoms. The number of sulfonamides is 1. The SMILES string of the molecule is CC[C@@H](NC(=O)c1cc(S(=O)(=O)N2CCCC2)ccc1C)c1ccc(C)cc1. The lowest BCUT2D eigenvalue weighted by atomic mass is 10.0. The molecule has 1 aliphatic heterocycles. The molecule has 1 aliphatic rings. The summed E-state index contributed by atoms with van der Waals surface area (Å²) in [5, 5.41) is 3.06. The van der Waals surface area contributed by atoms with Crippen LogP contribution in [-0.4, -0.2) is 31.7 Å². The summed E-state index contributed by atoms with van der Waals surface area (Å²) in [6.07, 6.45) is 2.51. The van der Waals surface area contributed by atoms with E-state index >= 15 is 0 Å². The lowest BCUT2D eigenvalue weighted by Gasteiger charge is -2.20. The molecule has 0 spiro atoms. The van der Waals surface area contributed by atoms with Gasteiger partial charge in [0.25, 0.3) is 5.91 Å². The number of aryl methyl sites for hydroxylation is 2. The van der Waals surface area contributed by atoms with E-state index in [-0.39, 0.29) is 16.8 Å². The number of rotatable bonds is 6. The van der Waals surface area contributed by atoms with Gasteiger partial charge in [-0.1, -0.05) is 42.8 Å². The fraction of sp³-hybridized carbons (Fsp3) is 0.409. The molecular weight excluding hydrogens is 372 g/mol. The lowest BCUT2D eigenvalue weighted by molar-refractivity contribution is 0.0934. The molecule has 0 bridgehead atoms. The number of hydrogen-bond acceptors (Lipinski definition) is 3. The zero-order valence-electron chi connectivity index (χ0n) is 16.7. The quantitative estimate of drug-likeness (QED) is 0.798. The van der Waals surface area contributed by atoms with E-state index < -0.39 is 10.0 Å². The molecule has 0 unspecified atom stereocenters. The van der Waals surface area contributed by atoms with Crippen molar-refractivity contribution in [3.8, 4) is 0 Å². The number of carbonyl (C=O) groups excluding carboxylic acids is 1. The molecule has 1 heterocycles. The van der Waals surface area contributed by atoms with Gasteiger partial charge in [0.1, 0.15) is 0 Å². The molecule has 1 fully saturated rings. The van der Waals surface area contributed by atoms with E-state index in [1.807, 2.05) is 45.0 Å². The second kappa shape index (κ2) is 8.45. The first-order valence-corrected chi connectivity index (χ1v) is 11.2. The normalized spacial score (nSPS) is 16.1. The predicted octanol–water partition coefficient (Wildman–Crippen LogP) is 3.97. The summed E-state index contributed by atoms with van der Waals surface area (Å²) in [5.41, 5.74) is 3.38. The zero-order valence-corrected chi connectivity index (χ0v) is 17.6. The fourth-order valence-corrected chi connectivity index (χ4v) is 5.08. The summed E-state index contributed by atoms with van der Waals surface area (Å²) >= 11 is 0. The third-order valence-corrected chi connectivity index (χ3v) is 7.24. The standard InChI is InChI=1S/C22H28N2O3S/c1-4-21(18-10-7-16(2)8-11-18)23-22(25)20-15-19(12-9-17(20)3)28(26,27)24-13-5-6-14-24/h7-12,15,21H,4-6,13-14H2,1-3H3,(H,23,25)/t21-/m1/s1. The van der Waals surface area contributed by atoms with Gasteiger partial charge in [-0.3, -0.25) is 4.79 Å². The van der Waals surface area contributed by atoms with Gasteiger partial charge in [0, 0.05) is 18.7 Å². The van der Waals surface area contributed by atoms with Crippen LogP contribution in [-0.2, 0) is 10.0 Å². The van der Waals surface area contributed by atoms with Crippen LogP contribution in [0.15, 0.2) is 47.4 Å². The number of carbonyl (C=O) groups is 1. The molecule has 28 heavy (non-hydrogen) atoms. The highest BCUT2D eigenvalue weighted by Crippen LogP contribution is 2.24. The number of hydrogen-bond donors (Lipinski definition) is 1. The van der Waals surface area contributed by atoms with Crippen molar-refractivity contribution in [3.05, 3.63) is 64.7 Å². The summed E-state index contributed by atoms with van der Waals surface area (Å²) in [6.45, 7) is 6.96. The van der Waals surface area contributed by atoms with Gasteiger partial charge >= 0.3 is 0 Å². The van der Waals surface area contributed by atoms with Crippen LogP contribution in [0.5, 0.6) is 0 Å². The Labute approximate surface area is 167 Å². The van der Waals surface area contributed by atoms with Crippen LogP contribution >= 0.6 is 0 Å². The zero-order chi connectivity index (χ0) is 20.3. The molecule has 1 atom stereocenters. The van der Waals surface area contributed by atoms with Crippen LogP contribution < -0.4 is 5.32 Å². The highest BCUT2D eigenvalue weighted by Gasteiger charge is 2.28. The van der Waals surface area contributed by atoms with Gasteiger partial charge in [0.15, 0.2) is 0 Å². The minimum absolute atomic E-state index is 0.119. The second-order valence-electron chi connectivity index (χ2n) is 7.43. The minimum Gasteiger partial charge on any atom is -0.345 e. The third kappa shape index (κ3) is 4.28. The molecule has 2 aromatic carbocycles. The monoisotopic (exact) mass is 400 g/mol. The fourth-order valence-electron chi connectivity index (χ4n) is 3.54. The van der Waals surface area contributed by atoms with E-state index in [4.69, 9.17) is 0 Å². The minimum atomic E-state index is -3.55. The Morgan fingerprint density at radius 3 is 2.32 bits per heavy atom. The van der Waals surface area contributed by atoms with Crippen molar-refractivity contribution >= 4 is 15.9 Å². The van der Waals surface area contributed by atoms with Crippen LogP contribution in [0, 0.1) is 13.8 Å². The Morgan fingerprint density at radius 2 is 1.71 bits per heavy atom. The summed E-state index contributed by atoms with van der Waals surface area (Å²) in [4.78, 5) is 13.1. The molecule has 5 nitrogen and oxygen atoms in total. The second-order valence-corrected chi connectivity index (χ2v) is 9.37. The van der Waals surface area contributed by atoms with Crippen molar-refractivity contribution in [2.24, 2.45) is 0 Å². The summed E-state index contributed by atoms with van der Waals surface area (Å²) < 4.78 is 27.2. The number of nitrogens with zero attached hydrogens (tertiary/aromatic N) is 1. The van der Waals surface area contributed by atoms with Crippen molar-refractivity contribution < 1.29 is 13.2 Å². The summed E-state index contributed by atoms with van der Waals surface area (Å²) in [5.74, 6) is -0.247. The predicted molar refractivity (Wildman–Crippen MR) is 111 cm³/mol. The molecule has 2 aromatic rings. The summed E-state index contributed by atoms with van der Waals surface area (Å²) in [6, 6.07) is 12.8. The average molecular weight is 401 g/mol. The highest BCUT2D eigenvalue weighted by molar-refractivity contribution is 7.89. The highest BCUT2D eigenvalue weighted by atomic mass is 32.2. The van der Waals surface area contributed by atoms with E-state index in [9.17, 15) is 13.2 Å². The number of amides is 1. The van der Waals surface area contributed by atoms with Gasteiger partial charge in [-0.2, -0.15) is 4.31 Å². The van der Waals surface area contributed by atoms with Gasteiger partial charge < -0.3 is 5.32 Å². The lowest BCUT2D eigenvalue weighted by Crippen LogP contribution is -2.30. The first kappa shape index (κ1) is 20.6. The molecule has 1 saturated heterocycles. The Bertz CT molecular complexity index is 946. The first-order valence-electron chi connectivity index (χ1n) is 9.81. The van der Waals surface area contributed by atoms with E-state index in [2.05, 4.69) is 5.32 Å². The molecule has 1 amide bonds. The van der Waals surface area contributed by atoms with Crippen molar-refractivity contribution in [2.75, 3.05) is 13.1 Å². The van der Waals surface area contributed by atoms with Crippen LogP contribution in [0.4, 0.5) is 0 Å². The molecule has 1 N–H and O–H groups in total. The van der Waals surface area contributed by atoms with E-state index in [0.29, 0.717) is 18.7 Å². The molecule has 150 valence electrons. The maximum atomic E-state index is 13.0. The largest absolute Gasteiger partial charge is 0.345 e.